The monoisotopic (exact) mass is 413 g/mol. The Morgan fingerprint density at radius 2 is 1.89 bits per heavy atom. The lowest BCUT2D eigenvalue weighted by Gasteiger charge is -2.17. The van der Waals surface area contributed by atoms with Crippen LogP contribution in [-0.2, 0) is 22.1 Å². The van der Waals surface area contributed by atoms with Crippen LogP contribution in [-0.4, -0.2) is 21.4 Å². The average molecular weight is 414 g/mol. The Balaban J connectivity index is 1.63. The summed E-state index contributed by atoms with van der Waals surface area (Å²) < 4.78 is 30.5. The molecule has 0 radical (unpaired) electrons. The number of benzene rings is 2. The molecular weight excluding hydrogens is 394 g/mol. The van der Waals surface area contributed by atoms with Gasteiger partial charge in [-0.05, 0) is 42.3 Å². The van der Waals surface area contributed by atoms with Crippen LogP contribution in [0.15, 0.2) is 53.4 Å². The van der Waals surface area contributed by atoms with Gasteiger partial charge in [-0.1, -0.05) is 29.8 Å². The van der Waals surface area contributed by atoms with E-state index in [4.69, 9.17) is 4.74 Å². The second kappa shape index (κ2) is 7.07. The van der Waals surface area contributed by atoms with Crippen LogP contribution < -0.4 is 10.1 Å². The first-order valence-electron chi connectivity index (χ1n) is 8.75. The van der Waals surface area contributed by atoms with Crippen molar-refractivity contribution in [1.82, 2.24) is 5.32 Å². The van der Waals surface area contributed by atoms with Crippen LogP contribution in [0.25, 0.3) is 10.4 Å². The number of hydrogen-bond donors (Lipinski definition) is 1. The Labute approximate surface area is 167 Å². The summed E-state index contributed by atoms with van der Waals surface area (Å²) in [5, 5.41) is 2.91. The molecule has 0 saturated carbocycles. The Bertz CT molecular complexity index is 1160. The zero-order valence-corrected chi connectivity index (χ0v) is 17.1. The normalized spacial score (nSPS) is 14.1. The first-order valence-corrected chi connectivity index (χ1v) is 11.2. The molecule has 1 N–H and O–H groups in total. The minimum atomic E-state index is -3.43. The summed E-state index contributed by atoms with van der Waals surface area (Å²) in [6.07, 6.45) is 0. The van der Waals surface area contributed by atoms with Gasteiger partial charge in [-0.25, -0.2) is 8.42 Å². The van der Waals surface area contributed by atoms with Gasteiger partial charge in [0.15, 0.2) is 9.84 Å². The highest BCUT2D eigenvalue weighted by molar-refractivity contribution is 7.91. The fourth-order valence-corrected chi connectivity index (χ4v) is 6.07. The number of aryl methyl sites for hydroxylation is 1. The maximum absolute atomic E-state index is 12.6. The quantitative estimate of drug-likeness (QED) is 0.703. The van der Waals surface area contributed by atoms with Crippen molar-refractivity contribution in [2.45, 2.75) is 24.1 Å². The van der Waals surface area contributed by atoms with Crippen molar-refractivity contribution in [3.63, 3.8) is 0 Å². The number of nitrogens with one attached hydrogen (secondary N) is 1. The predicted molar refractivity (Wildman–Crippen MR) is 110 cm³/mol. The number of hydrogen-bond acceptors (Lipinski definition) is 5. The van der Waals surface area contributed by atoms with Gasteiger partial charge in [0.1, 0.15) is 5.75 Å². The largest absolute Gasteiger partial charge is 0.497 e. The van der Waals surface area contributed by atoms with Gasteiger partial charge in [-0.2, -0.15) is 0 Å². The Hall–Kier alpha value is -2.64. The van der Waals surface area contributed by atoms with Crippen molar-refractivity contribution in [2.75, 3.05) is 7.11 Å². The highest BCUT2D eigenvalue weighted by Crippen LogP contribution is 2.44. The van der Waals surface area contributed by atoms with Crippen LogP contribution >= 0.6 is 11.3 Å². The molecule has 0 saturated heterocycles. The van der Waals surface area contributed by atoms with Crippen LogP contribution in [0, 0.1) is 6.92 Å². The van der Waals surface area contributed by atoms with Gasteiger partial charge >= 0.3 is 0 Å². The second-order valence-corrected chi connectivity index (χ2v) is 9.76. The lowest BCUT2D eigenvalue weighted by Crippen LogP contribution is -2.21. The standard InChI is InChI=1S/C21H19NO4S2/c1-13-3-5-14(6-4-13)11-22-21(23)18-9-15-12-28(24,25)19-8-7-16(26-2)10-17(19)20(15)27-18/h3-10H,11-12H2,1-2H3,(H,22,23). The van der Waals surface area contributed by atoms with Crippen molar-refractivity contribution >= 4 is 27.1 Å². The number of carbonyl (C=O) groups is 1. The lowest BCUT2D eigenvalue weighted by atomic mass is 10.1. The van der Waals surface area contributed by atoms with E-state index in [2.05, 4.69) is 5.32 Å². The Morgan fingerprint density at radius 3 is 2.61 bits per heavy atom. The van der Waals surface area contributed by atoms with Crippen LogP contribution in [0.2, 0.25) is 0 Å². The second-order valence-electron chi connectivity index (χ2n) is 6.75. The number of amides is 1. The third kappa shape index (κ3) is 3.43. The van der Waals surface area contributed by atoms with Gasteiger partial charge in [-0.15, -0.1) is 11.3 Å². The Kier molecular flexibility index (Phi) is 4.72. The molecule has 4 rings (SSSR count). The predicted octanol–water partition coefficient (Wildman–Crippen LogP) is 3.95. The van der Waals surface area contributed by atoms with Gasteiger partial charge in [0.25, 0.3) is 5.91 Å². The fourth-order valence-electron chi connectivity index (χ4n) is 3.22. The van der Waals surface area contributed by atoms with Crippen LogP contribution in [0.4, 0.5) is 0 Å². The van der Waals surface area contributed by atoms with E-state index >= 15 is 0 Å². The third-order valence-corrected chi connectivity index (χ3v) is 7.64. The molecule has 3 aromatic rings. The molecule has 7 heteroatoms. The molecule has 0 fully saturated rings. The molecule has 5 nitrogen and oxygen atoms in total. The zero-order valence-electron chi connectivity index (χ0n) is 15.5. The molecule has 2 heterocycles. The van der Waals surface area contributed by atoms with E-state index in [1.807, 2.05) is 31.2 Å². The number of methoxy groups -OCH3 is 1. The smallest absolute Gasteiger partial charge is 0.261 e. The summed E-state index contributed by atoms with van der Waals surface area (Å²) in [6.45, 7) is 2.43. The summed E-state index contributed by atoms with van der Waals surface area (Å²) in [6, 6.07) is 14.6. The van der Waals surface area contributed by atoms with Gasteiger partial charge in [-0.3, -0.25) is 4.79 Å². The SMILES string of the molecule is COc1ccc2c(c1)-c1sc(C(=O)NCc3ccc(C)cc3)cc1CS2(=O)=O. The third-order valence-electron chi connectivity index (χ3n) is 4.72. The lowest BCUT2D eigenvalue weighted by molar-refractivity contribution is 0.0955. The molecule has 144 valence electrons. The van der Waals surface area contributed by atoms with Crippen molar-refractivity contribution in [2.24, 2.45) is 0 Å². The summed E-state index contributed by atoms with van der Waals surface area (Å²) in [5.41, 5.74) is 3.43. The average Bonchev–Trinajstić information content (AvgIpc) is 3.10. The zero-order chi connectivity index (χ0) is 19.9. The summed E-state index contributed by atoms with van der Waals surface area (Å²) in [4.78, 5) is 14.2. The summed E-state index contributed by atoms with van der Waals surface area (Å²) in [5.74, 6) is 0.283. The van der Waals surface area contributed by atoms with Gasteiger partial charge in [0, 0.05) is 17.0 Å². The highest BCUT2D eigenvalue weighted by Gasteiger charge is 2.31. The number of carbonyl (C=O) groups excluding carboxylic acids is 1. The maximum Gasteiger partial charge on any atom is 0.261 e. The van der Waals surface area contributed by atoms with Gasteiger partial charge in [0.05, 0.1) is 22.6 Å². The number of ether oxygens (including phenoxy) is 1. The summed E-state index contributed by atoms with van der Waals surface area (Å²) in [7, 11) is -1.89. The number of rotatable bonds is 4. The number of sulfone groups is 1. The molecule has 0 spiro atoms. The molecule has 0 atom stereocenters. The molecule has 1 amide bonds. The molecule has 1 aliphatic rings. The number of fused-ring (bicyclic) bond motifs is 3. The van der Waals surface area contributed by atoms with E-state index in [-0.39, 0.29) is 16.6 Å². The first-order chi connectivity index (χ1) is 13.4. The molecule has 0 aliphatic carbocycles. The highest BCUT2D eigenvalue weighted by atomic mass is 32.2. The van der Waals surface area contributed by atoms with Crippen LogP contribution in [0.3, 0.4) is 0 Å². The molecular formula is C21H19NO4S2. The number of thiophene rings is 1. The maximum atomic E-state index is 12.6. The van der Waals surface area contributed by atoms with E-state index in [0.29, 0.717) is 28.3 Å². The minimum Gasteiger partial charge on any atom is -0.497 e. The first kappa shape index (κ1) is 18.7. The molecule has 0 unspecified atom stereocenters. The molecule has 2 aromatic carbocycles. The fraction of sp³-hybridized carbons (Fsp3) is 0.190. The minimum absolute atomic E-state index is 0.0938. The van der Waals surface area contributed by atoms with Crippen molar-refractivity contribution in [3.05, 3.63) is 70.1 Å². The molecule has 28 heavy (non-hydrogen) atoms. The van der Waals surface area contributed by atoms with Crippen LogP contribution in [0.1, 0.15) is 26.4 Å². The summed E-state index contributed by atoms with van der Waals surface area (Å²) >= 11 is 1.31. The van der Waals surface area contributed by atoms with Crippen molar-refractivity contribution < 1.29 is 17.9 Å². The molecule has 1 aromatic heterocycles. The topological polar surface area (TPSA) is 72.5 Å². The van der Waals surface area contributed by atoms with Crippen molar-refractivity contribution in [1.29, 1.82) is 0 Å². The van der Waals surface area contributed by atoms with E-state index in [1.54, 1.807) is 31.4 Å². The van der Waals surface area contributed by atoms with Crippen LogP contribution in [0.5, 0.6) is 5.75 Å². The van der Waals surface area contributed by atoms with E-state index in [0.717, 1.165) is 16.0 Å². The van der Waals surface area contributed by atoms with Crippen molar-refractivity contribution in [3.8, 4) is 16.2 Å². The Morgan fingerprint density at radius 1 is 1.14 bits per heavy atom. The molecule has 1 aliphatic heterocycles. The van der Waals surface area contributed by atoms with E-state index < -0.39 is 9.84 Å². The van der Waals surface area contributed by atoms with Gasteiger partial charge in [0.2, 0.25) is 0 Å². The van der Waals surface area contributed by atoms with E-state index in [9.17, 15) is 13.2 Å². The van der Waals surface area contributed by atoms with E-state index in [1.165, 1.54) is 11.3 Å². The van der Waals surface area contributed by atoms with Gasteiger partial charge < -0.3 is 10.1 Å². The molecule has 0 bridgehead atoms.